The second kappa shape index (κ2) is 11.3. The van der Waals surface area contributed by atoms with Gasteiger partial charge in [0.05, 0.1) is 19.0 Å². The monoisotopic (exact) mass is 446 g/mol. The van der Waals surface area contributed by atoms with Crippen molar-refractivity contribution in [3.63, 3.8) is 0 Å². The highest BCUT2D eigenvalue weighted by Crippen LogP contribution is 2.23. The van der Waals surface area contributed by atoms with Crippen LogP contribution in [0.15, 0.2) is 77.9 Å². The Bertz CT molecular complexity index is 1130. The fraction of sp³-hybridized carbons (Fsp3) is 0.160. The summed E-state index contributed by atoms with van der Waals surface area (Å²) in [5.41, 5.74) is 5.32. The summed E-state index contributed by atoms with van der Waals surface area (Å²) in [6.07, 6.45) is 1.53. The van der Waals surface area contributed by atoms with Crippen molar-refractivity contribution in [3.8, 4) is 11.5 Å². The average Bonchev–Trinajstić information content (AvgIpc) is 2.84. The molecule has 0 saturated heterocycles. The third-order valence-corrected chi connectivity index (χ3v) is 4.64. The lowest BCUT2D eigenvalue weighted by molar-refractivity contribution is -0.118. The molecule has 0 heterocycles. The number of methoxy groups -OCH3 is 1. The number of nitrogens with zero attached hydrogens (tertiary/aromatic N) is 2. The summed E-state index contributed by atoms with van der Waals surface area (Å²) in [5, 5.41) is 6.76. The van der Waals surface area contributed by atoms with Crippen LogP contribution in [0, 0.1) is 0 Å². The van der Waals surface area contributed by atoms with Gasteiger partial charge in [-0.05, 0) is 60.2 Å². The molecule has 0 aliphatic rings. The number of carbonyl (C=O) groups excluding carboxylic acids is 2. The van der Waals surface area contributed by atoms with Crippen LogP contribution in [0.5, 0.6) is 11.5 Å². The van der Waals surface area contributed by atoms with Gasteiger partial charge in [0.15, 0.2) is 6.61 Å². The van der Waals surface area contributed by atoms with E-state index in [0.717, 1.165) is 11.3 Å². The van der Waals surface area contributed by atoms with E-state index >= 15 is 0 Å². The number of carbonyl (C=O) groups is 2. The van der Waals surface area contributed by atoms with Gasteiger partial charge >= 0.3 is 0 Å². The quantitative estimate of drug-likeness (QED) is 0.387. The Morgan fingerprint density at radius 1 is 1.00 bits per heavy atom. The summed E-state index contributed by atoms with van der Waals surface area (Å²) in [4.78, 5) is 26.3. The second-order valence-electron chi connectivity index (χ2n) is 7.25. The van der Waals surface area contributed by atoms with Gasteiger partial charge in [-0.2, -0.15) is 5.10 Å². The SMILES string of the molecule is COc1ccccc1NC(=O)COc1ccc(/C=N\NC(=O)c2cccc(N(C)C)c2)cc1. The summed E-state index contributed by atoms with van der Waals surface area (Å²) in [6.45, 7) is -0.145. The maximum atomic E-state index is 12.3. The van der Waals surface area contributed by atoms with Gasteiger partial charge in [-0.25, -0.2) is 5.43 Å². The molecule has 2 amide bonds. The molecule has 0 bridgehead atoms. The molecule has 170 valence electrons. The van der Waals surface area contributed by atoms with Crippen molar-refractivity contribution in [1.29, 1.82) is 0 Å². The number of benzene rings is 3. The molecule has 8 nitrogen and oxygen atoms in total. The van der Waals surface area contributed by atoms with E-state index in [1.54, 1.807) is 55.6 Å². The van der Waals surface area contributed by atoms with Crippen molar-refractivity contribution in [2.75, 3.05) is 38.0 Å². The van der Waals surface area contributed by atoms with Crippen molar-refractivity contribution < 1.29 is 19.1 Å². The number of hydrogen-bond acceptors (Lipinski definition) is 6. The fourth-order valence-electron chi connectivity index (χ4n) is 2.89. The minimum atomic E-state index is -0.300. The van der Waals surface area contributed by atoms with E-state index in [-0.39, 0.29) is 18.4 Å². The third kappa shape index (κ3) is 6.83. The number of hydrogen-bond donors (Lipinski definition) is 2. The number of rotatable bonds is 9. The lowest BCUT2D eigenvalue weighted by Gasteiger charge is -2.12. The van der Waals surface area contributed by atoms with Crippen molar-refractivity contribution in [1.82, 2.24) is 5.43 Å². The van der Waals surface area contributed by atoms with Crippen molar-refractivity contribution in [2.24, 2.45) is 5.10 Å². The van der Waals surface area contributed by atoms with E-state index < -0.39 is 0 Å². The van der Waals surface area contributed by atoms with Gasteiger partial charge in [-0.1, -0.05) is 18.2 Å². The number of ether oxygens (including phenoxy) is 2. The zero-order chi connectivity index (χ0) is 23.6. The van der Waals surface area contributed by atoms with E-state index in [1.165, 1.54) is 6.21 Å². The number of para-hydroxylation sites is 2. The molecule has 0 aliphatic heterocycles. The molecule has 3 rings (SSSR count). The van der Waals surface area contributed by atoms with Gasteiger partial charge in [0.2, 0.25) is 0 Å². The molecule has 0 saturated carbocycles. The minimum Gasteiger partial charge on any atom is -0.495 e. The summed E-state index contributed by atoms with van der Waals surface area (Å²) in [5.74, 6) is 0.515. The second-order valence-corrected chi connectivity index (χ2v) is 7.25. The van der Waals surface area contributed by atoms with Crippen LogP contribution in [0.4, 0.5) is 11.4 Å². The maximum absolute atomic E-state index is 12.3. The Balaban J connectivity index is 1.48. The predicted molar refractivity (Wildman–Crippen MR) is 129 cm³/mol. The normalized spacial score (nSPS) is 10.5. The van der Waals surface area contributed by atoms with Gasteiger partial charge in [-0.3, -0.25) is 9.59 Å². The summed E-state index contributed by atoms with van der Waals surface area (Å²) < 4.78 is 10.7. The molecular formula is C25H26N4O4. The van der Waals surface area contributed by atoms with Crippen LogP contribution < -0.4 is 25.1 Å². The first-order valence-electron chi connectivity index (χ1n) is 10.2. The van der Waals surface area contributed by atoms with E-state index in [0.29, 0.717) is 22.7 Å². The van der Waals surface area contributed by atoms with Gasteiger partial charge in [0, 0.05) is 25.3 Å². The lowest BCUT2D eigenvalue weighted by atomic mass is 10.2. The largest absolute Gasteiger partial charge is 0.495 e. The zero-order valence-corrected chi connectivity index (χ0v) is 18.7. The van der Waals surface area contributed by atoms with Gasteiger partial charge in [0.25, 0.3) is 11.8 Å². The molecule has 0 fully saturated rings. The van der Waals surface area contributed by atoms with E-state index in [2.05, 4.69) is 15.8 Å². The van der Waals surface area contributed by atoms with Crippen LogP contribution in [-0.4, -0.2) is 45.8 Å². The van der Waals surface area contributed by atoms with Crippen LogP contribution >= 0.6 is 0 Å². The molecule has 0 aliphatic carbocycles. The molecule has 0 unspecified atom stereocenters. The highest BCUT2D eigenvalue weighted by molar-refractivity contribution is 5.96. The number of hydrazone groups is 1. The maximum Gasteiger partial charge on any atom is 0.271 e. The fourth-order valence-corrected chi connectivity index (χ4v) is 2.89. The van der Waals surface area contributed by atoms with Crippen LogP contribution in [0.3, 0.4) is 0 Å². The number of anilines is 2. The standard InChI is InChI=1S/C25H26N4O4/c1-29(2)20-8-6-7-19(15-20)25(31)28-26-16-18-11-13-21(14-12-18)33-17-24(30)27-22-9-4-5-10-23(22)32-3/h4-16H,17H2,1-3H3,(H,27,30)(H,28,31)/b26-16-. The Kier molecular flexibility index (Phi) is 8.02. The molecule has 2 N–H and O–H groups in total. The zero-order valence-electron chi connectivity index (χ0n) is 18.7. The summed E-state index contributed by atoms with van der Waals surface area (Å²) in [7, 11) is 5.37. The van der Waals surface area contributed by atoms with Crippen LogP contribution in [0.1, 0.15) is 15.9 Å². The van der Waals surface area contributed by atoms with E-state index in [4.69, 9.17) is 9.47 Å². The number of nitrogens with one attached hydrogen (secondary N) is 2. The van der Waals surface area contributed by atoms with E-state index in [1.807, 2.05) is 43.3 Å². The van der Waals surface area contributed by atoms with Crippen molar-refractivity contribution in [2.45, 2.75) is 0 Å². The Morgan fingerprint density at radius 3 is 2.48 bits per heavy atom. The third-order valence-electron chi connectivity index (χ3n) is 4.64. The molecule has 33 heavy (non-hydrogen) atoms. The smallest absolute Gasteiger partial charge is 0.271 e. The minimum absolute atomic E-state index is 0.145. The summed E-state index contributed by atoms with van der Waals surface area (Å²) in [6, 6.07) is 21.4. The van der Waals surface area contributed by atoms with Crippen LogP contribution in [0.25, 0.3) is 0 Å². The molecule has 0 spiro atoms. The highest BCUT2D eigenvalue weighted by Gasteiger charge is 2.08. The van der Waals surface area contributed by atoms with Crippen LogP contribution in [-0.2, 0) is 4.79 Å². The molecule has 3 aromatic rings. The molecule has 0 radical (unpaired) electrons. The Hall–Kier alpha value is -4.33. The molecule has 8 heteroatoms. The molecular weight excluding hydrogens is 420 g/mol. The molecule has 0 aromatic heterocycles. The summed E-state index contributed by atoms with van der Waals surface area (Å²) >= 11 is 0. The first kappa shape index (κ1) is 23.3. The Labute approximate surface area is 192 Å². The molecule has 0 atom stereocenters. The average molecular weight is 447 g/mol. The van der Waals surface area contributed by atoms with Gasteiger partial charge < -0.3 is 19.7 Å². The Morgan fingerprint density at radius 2 is 1.76 bits per heavy atom. The van der Waals surface area contributed by atoms with Crippen molar-refractivity contribution in [3.05, 3.63) is 83.9 Å². The topological polar surface area (TPSA) is 92.3 Å². The van der Waals surface area contributed by atoms with Crippen molar-refractivity contribution >= 4 is 29.4 Å². The first-order chi connectivity index (χ1) is 16.0. The highest BCUT2D eigenvalue weighted by atomic mass is 16.5. The van der Waals surface area contributed by atoms with Gasteiger partial charge in [-0.15, -0.1) is 0 Å². The predicted octanol–water partition coefficient (Wildman–Crippen LogP) is 3.54. The lowest BCUT2D eigenvalue weighted by Crippen LogP contribution is -2.20. The number of amides is 2. The van der Waals surface area contributed by atoms with E-state index in [9.17, 15) is 9.59 Å². The first-order valence-corrected chi connectivity index (χ1v) is 10.2. The molecule has 3 aromatic carbocycles. The van der Waals surface area contributed by atoms with Gasteiger partial charge in [0.1, 0.15) is 11.5 Å². The van der Waals surface area contributed by atoms with Crippen LogP contribution in [0.2, 0.25) is 0 Å².